The second kappa shape index (κ2) is 6.31. The summed E-state index contributed by atoms with van der Waals surface area (Å²) in [6, 6.07) is 1.60. The molecule has 2 heterocycles. The van der Waals surface area contributed by atoms with E-state index in [0.29, 0.717) is 19.6 Å². The van der Waals surface area contributed by atoms with Crippen molar-refractivity contribution in [2.24, 2.45) is 11.7 Å². The van der Waals surface area contributed by atoms with E-state index in [0.717, 1.165) is 11.3 Å². The molecule has 0 radical (unpaired) electrons. The summed E-state index contributed by atoms with van der Waals surface area (Å²) >= 11 is 0. The Morgan fingerprint density at radius 2 is 1.95 bits per heavy atom. The van der Waals surface area contributed by atoms with E-state index in [1.54, 1.807) is 13.0 Å². The third-order valence-corrected chi connectivity index (χ3v) is 4.14. The Bertz CT molecular complexity index is 653. The van der Waals surface area contributed by atoms with Gasteiger partial charge in [-0.15, -0.1) is 0 Å². The van der Waals surface area contributed by atoms with Gasteiger partial charge in [-0.1, -0.05) is 0 Å². The largest absolute Gasteiger partial charge is 0.369 e. The van der Waals surface area contributed by atoms with Gasteiger partial charge >= 0.3 is 0 Å². The molecule has 0 aliphatic carbocycles. The molecule has 0 saturated carbocycles. The second-order valence-electron chi connectivity index (χ2n) is 5.93. The van der Waals surface area contributed by atoms with Crippen LogP contribution < -0.4 is 11.3 Å². The fourth-order valence-corrected chi connectivity index (χ4v) is 2.59. The summed E-state index contributed by atoms with van der Waals surface area (Å²) in [5.74, 6) is -1.21. The van der Waals surface area contributed by atoms with Crippen LogP contribution >= 0.6 is 0 Å². The number of carbonyl (C=O) groups excluding carboxylic acids is 2. The lowest BCUT2D eigenvalue weighted by Crippen LogP contribution is -2.41. The highest BCUT2D eigenvalue weighted by atomic mass is 16.2. The van der Waals surface area contributed by atoms with Gasteiger partial charge < -0.3 is 20.5 Å². The molecule has 1 aromatic rings. The lowest BCUT2D eigenvalue weighted by molar-refractivity contribution is -0.122. The number of primary amides is 1. The number of nitrogens with one attached hydrogen (secondary N) is 1. The molecule has 0 bridgehead atoms. The van der Waals surface area contributed by atoms with Crippen LogP contribution in [0.3, 0.4) is 0 Å². The quantitative estimate of drug-likeness (QED) is 0.768. The topological polar surface area (TPSA) is 99.5 Å². The molecule has 1 aliphatic heterocycles. The van der Waals surface area contributed by atoms with Gasteiger partial charge in [0.1, 0.15) is 5.56 Å². The Kier molecular flexibility index (Phi) is 4.65. The van der Waals surface area contributed by atoms with E-state index in [2.05, 4.69) is 4.98 Å². The lowest BCUT2D eigenvalue weighted by Gasteiger charge is -2.22. The summed E-state index contributed by atoms with van der Waals surface area (Å²) in [6.45, 7) is 5.48. The zero-order chi connectivity index (χ0) is 16.4. The average molecular weight is 306 g/mol. The first-order valence-corrected chi connectivity index (χ1v) is 7.27. The molecule has 120 valence electrons. The van der Waals surface area contributed by atoms with Crippen molar-refractivity contribution in [2.45, 2.75) is 13.8 Å². The number of nitrogens with zero attached hydrogens (tertiary/aromatic N) is 2. The number of carbonyl (C=O) groups is 2. The maximum Gasteiger partial charge on any atom is 0.261 e. The summed E-state index contributed by atoms with van der Waals surface area (Å²) in [7, 11) is 1.88. The summed E-state index contributed by atoms with van der Waals surface area (Å²) in [6.07, 6.45) is 0. The third kappa shape index (κ3) is 3.36. The molecule has 1 aliphatic rings. The van der Waals surface area contributed by atoms with Gasteiger partial charge in [0.15, 0.2) is 0 Å². The average Bonchev–Trinajstić information content (AvgIpc) is 2.64. The van der Waals surface area contributed by atoms with Crippen molar-refractivity contribution in [1.82, 2.24) is 14.8 Å². The Morgan fingerprint density at radius 3 is 2.59 bits per heavy atom. The molecule has 7 heteroatoms. The number of aromatic amines is 1. The van der Waals surface area contributed by atoms with E-state index in [9.17, 15) is 14.4 Å². The van der Waals surface area contributed by atoms with Gasteiger partial charge in [0, 0.05) is 31.9 Å². The number of aryl methyl sites for hydroxylation is 2. The van der Waals surface area contributed by atoms with Crippen LogP contribution in [-0.2, 0) is 4.79 Å². The molecule has 7 nitrogen and oxygen atoms in total. The minimum atomic E-state index is -0.430. The zero-order valence-electron chi connectivity index (χ0n) is 13.2. The van der Waals surface area contributed by atoms with E-state index in [-0.39, 0.29) is 18.0 Å². The van der Waals surface area contributed by atoms with Crippen LogP contribution in [0, 0.1) is 19.8 Å². The summed E-state index contributed by atoms with van der Waals surface area (Å²) in [5.41, 5.74) is 6.70. The van der Waals surface area contributed by atoms with Crippen LogP contribution in [0.1, 0.15) is 21.6 Å². The standard InChI is InChI=1S/C15H22N4O3/c1-9-6-12(14(21)17-10(9)2)15(22)19-5-4-18(3)7-11(8-19)13(16)20/h6,11H,4-5,7-8H2,1-3H3,(H2,16,20)(H,17,21)/t11-/m0/s1. The number of H-pyrrole nitrogens is 1. The van der Waals surface area contributed by atoms with Crippen LogP contribution in [0.25, 0.3) is 0 Å². The van der Waals surface area contributed by atoms with Crippen molar-refractivity contribution >= 4 is 11.8 Å². The summed E-state index contributed by atoms with van der Waals surface area (Å²) in [5, 5.41) is 0. The molecular weight excluding hydrogens is 284 g/mol. The predicted molar refractivity (Wildman–Crippen MR) is 82.6 cm³/mol. The number of hydrogen-bond donors (Lipinski definition) is 2. The van der Waals surface area contributed by atoms with Crippen LogP contribution in [0.15, 0.2) is 10.9 Å². The monoisotopic (exact) mass is 306 g/mol. The van der Waals surface area contributed by atoms with Crippen molar-refractivity contribution in [3.8, 4) is 0 Å². The molecule has 0 spiro atoms. The Balaban J connectivity index is 2.30. The molecule has 0 unspecified atom stereocenters. The molecular formula is C15H22N4O3. The molecule has 22 heavy (non-hydrogen) atoms. The van der Waals surface area contributed by atoms with Crippen molar-refractivity contribution in [2.75, 3.05) is 33.2 Å². The SMILES string of the molecule is Cc1cc(C(=O)N2CCN(C)C[C@H](C(N)=O)C2)c(=O)[nH]c1C. The summed E-state index contributed by atoms with van der Waals surface area (Å²) in [4.78, 5) is 42.4. The molecule has 2 rings (SSSR count). The highest BCUT2D eigenvalue weighted by molar-refractivity contribution is 5.94. The number of hydrogen-bond acceptors (Lipinski definition) is 4. The lowest BCUT2D eigenvalue weighted by atomic mass is 10.1. The first-order chi connectivity index (χ1) is 10.3. The highest BCUT2D eigenvalue weighted by Crippen LogP contribution is 2.12. The third-order valence-electron chi connectivity index (χ3n) is 4.14. The number of nitrogens with two attached hydrogens (primary N) is 1. The van der Waals surface area contributed by atoms with Gasteiger partial charge in [0.05, 0.1) is 5.92 Å². The van der Waals surface area contributed by atoms with Crippen molar-refractivity contribution in [3.05, 3.63) is 33.2 Å². The fourth-order valence-electron chi connectivity index (χ4n) is 2.59. The minimum Gasteiger partial charge on any atom is -0.369 e. The molecule has 0 aromatic carbocycles. The minimum absolute atomic E-state index is 0.107. The van der Waals surface area contributed by atoms with E-state index < -0.39 is 17.4 Å². The molecule has 1 aromatic heterocycles. The number of rotatable bonds is 2. The van der Waals surface area contributed by atoms with Gasteiger partial charge in [-0.3, -0.25) is 14.4 Å². The van der Waals surface area contributed by atoms with E-state index in [4.69, 9.17) is 5.73 Å². The van der Waals surface area contributed by atoms with Gasteiger partial charge in [0.2, 0.25) is 5.91 Å². The molecule has 3 N–H and O–H groups in total. The van der Waals surface area contributed by atoms with Crippen LogP contribution in [0.4, 0.5) is 0 Å². The first kappa shape index (κ1) is 16.2. The van der Waals surface area contributed by atoms with Crippen LogP contribution in [-0.4, -0.2) is 59.8 Å². The van der Waals surface area contributed by atoms with Gasteiger partial charge in [-0.05, 0) is 32.5 Å². The van der Waals surface area contributed by atoms with Gasteiger partial charge in [-0.25, -0.2) is 0 Å². The summed E-state index contributed by atoms with van der Waals surface area (Å²) < 4.78 is 0. The van der Waals surface area contributed by atoms with Crippen LogP contribution in [0.2, 0.25) is 0 Å². The van der Waals surface area contributed by atoms with Crippen molar-refractivity contribution < 1.29 is 9.59 Å². The van der Waals surface area contributed by atoms with Crippen LogP contribution in [0.5, 0.6) is 0 Å². The molecule has 1 saturated heterocycles. The first-order valence-electron chi connectivity index (χ1n) is 7.27. The van der Waals surface area contributed by atoms with E-state index >= 15 is 0 Å². The normalized spacial score (nSPS) is 19.8. The fraction of sp³-hybridized carbons (Fsp3) is 0.533. The number of likely N-dealkylation sites (N-methyl/N-ethyl adjacent to an activating group) is 1. The molecule has 1 fully saturated rings. The van der Waals surface area contributed by atoms with Crippen molar-refractivity contribution in [1.29, 1.82) is 0 Å². The number of amides is 2. The maximum atomic E-state index is 12.6. The number of pyridine rings is 1. The van der Waals surface area contributed by atoms with Crippen molar-refractivity contribution in [3.63, 3.8) is 0 Å². The number of aromatic nitrogens is 1. The molecule has 1 atom stereocenters. The molecule has 2 amide bonds. The second-order valence-corrected chi connectivity index (χ2v) is 5.93. The van der Waals surface area contributed by atoms with Gasteiger partial charge in [0.25, 0.3) is 11.5 Å². The zero-order valence-corrected chi connectivity index (χ0v) is 13.2. The Hall–Kier alpha value is -2.15. The smallest absolute Gasteiger partial charge is 0.261 e. The predicted octanol–water partition coefficient (Wildman–Crippen LogP) is -0.519. The van der Waals surface area contributed by atoms with E-state index in [1.165, 1.54) is 4.90 Å². The Morgan fingerprint density at radius 1 is 1.27 bits per heavy atom. The van der Waals surface area contributed by atoms with Gasteiger partial charge in [-0.2, -0.15) is 0 Å². The highest BCUT2D eigenvalue weighted by Gasteiger charge is 2.29. The van der Waals surface area contributed by atoms with E-state index in [1.807, 2.05) is 18.9 Å². The Labute approximate surface area is 129 Å². The maximum absolute atomic E-state index is 12.6.